The summed E-state index contributed by atoms with van der Waals surface area (Å²) in [5.41, 5.74) is 1.42. The zero-order valence-corrected chi connectivity index (χ0v) is 13.2. The van der Waals surface area contributed by atoms with Crippen molar-refractivity contribution in [2.24, 2.45) is 0 Å². The lowest BCUT2D eigenvalue weighted by Gasteiger charge is -2.03. The van der Waals surface area contributed by atoms with Crippen LogP contribution in [0.25, 0.3) is 0 Å². The molecule has 24 heavy (non-hydrogen) atoms. The third-order valence-electron chi connectivity index (χ3n) is 3.42. The number of aromatic nitrogens is 5. The minimum absolute atomic E-state index is 0.202. The number of halogens is 1. The van der Waals surface area contributed by atoms with Crippen LogP contribution >= 0.6 is 0 Å². The van der Waals surface area contributed by atoms with Gasteiger partial charge in [0.05, 0.1) is 12.2 Å². The number of anilines is 1. The van der Waals surface area contributed by atoms with Crippen molar-refractivity contribution in [1.82, 2.24) is 24.5 Å². The van der Waals surface area contributed by atoms with Gasteiger partial charge in [0, 0.05) is 24.7 Å². The van der Waals surface area contributed by atoms with Crippen molar-refractivity contribution >= 4 is 11.9 Å². The van der Waals surface area contributed by atoms with Crippen molar-refractivity contribution in [3.05, 3.63) is 59.9 Å². The monoisotopic (exact) mass is 328 g/mol. The first-order valence-electron chi connectivity index (χ1n) is 7.53. The van der Waals surface area contributed by atoms with Crippen molar-refractivity contribution < 1.29 is 9.18 Å². The van der Waals surface area contributed by atoms with E-state index in [2.05, 4.69) is 20.5 Å². The van der Waals surface area contributed by atoms with Crippen LogP contribution in [0.4, 0.5) is 10.3 Å². The van der Waals surface area contributed by atoms with E-state index in [1.165, 1.54) is 17.1 Å². The highest BCUT2D eigenvalue weighted by Crippen LogP contribution is 2.08. The van der Waals surface area contributed by atoms with Gasteiger partial charge < -0.3 is 0 Å². The molecule has 8 heteroatoms. The molecular formula is C16H17FN6O. The van der Waals surface area contributed by atoms with Crippen LogP contribution in [0.1, 0.15) is 17.7 Å². The number of benzene rings is 1. The summed E-state index contributed by atoms with van der Waals surface area (Å²) in [6.07, 6.45) is 3.55. The number of hydrogen-bond acceptors (Lipinski definition) is 4. The summed E-state index contributed by atoms with van der Waals surface area (Å²) in [7, 11) is 0. The maximum atomic E-state index is 13.6. The van der Waals surface area contributed by atoms with Gasteiger partial charge in [-0.3, -0.25) is 14.8 Å². The molecule has 0 bridgehead atoms. The average Bonchev–Trinajstić information content (AvgIpc) is 3.17. The van der Waals surface area contributed by atoms with Crippen LogP contribution < -0.4 is 5.32 Å². The van der Waals surface area contributed by atoms with E-state index in [1.807, 2.05) is 19.2 Å². The Balaban J connectivity index is 1.53. The van der Waals surface area contributed by atoms with Gasteiger partial charge in [-0.1, -0.05) is 18.2 Å². The Morgan fingerprint density at radius 3 is 2.79 bits per heavy atom. The first kappa shape index (κ1) is 15.9. The number of nitrogens with zero attached hydrogens (tertiary/aromatic N) is 5. The van der Waals surface area contributed by atoms with E-state index < -0.39 is 0 Å². The number of carbonyl (C=O) groups is 1. The van der Waals surface area contributed by atoms with E-state index in [9.17, 15) is 9.18 Å². The Kier molecular flexibility index (Phi) is 4.64. The standard InChI is InChI=1S/C16H17FN6O/c1-12-6-8-22(20-12)9-7-15(24)19-16-18-11-23(21-16)10-13-4-2-3-5-14(13)17/h2-6,8,11H,7,9-10H2,1H3,(H,19,21,24). The molecule has 7 nitrogen and oxygen atoms in total. The second-order valence-electron chi connectivity index (χ2n) is 5.38. The van der Waals surface area contributed by atoms with Crippen molar-refractivity contribution in [1.29, 1.82) is 0 Å². The van der Waals surface area contributed by atoms with Gasteiger partial charge in [0.1, 0.15) is 12.1 Å². The van der Waals surface area contributed by atoms with Crippen molar-refractivity contribution in [3.63, 3.8) is 0 Å². The lowest BCUT2D eigenvalue weighted by molar-refractivity contribution is -0.116. The van der Waals surface area contributed by atoms with Crippen LogP contribution in [0.3, 0.4) is 0 Å². The molecule has 1 amide bonds. The van der Waals surface area contributed by atoms with Crippen LogP contribution in [0, 0.1) is 12.7 Å². The van der Waals surface area contributed by atoms with Crippen LogP contribution in [-0.4, -0.2) is 30.5 Å². The summed E-state index contributed by atoms with van der Waals surface area (Å²) in [5.74, 6) is -0.298. The van der Waals surface area contributed by atoms with Gasteiger partial charge in [-0.05, 0) is 19.1 Å². The molecule has 0 aliphatic rings. The third kappa shape index (κ3) is 4.03. The predicted molar refractivity (Wildman–Crippen MR) is 85.7 cm³/mol. The van der Waals surface area contributed by atoms with E-state index in [1.54, 1.807) is 22.9 Å². The van der Waals surface area contributed by atoms with Crippen LogP contribution in [-0.2, 0) is 17.9 Å². The number of amides is 1. The molecule has 3 rings (SSSR count). The molecule has 0 atom stereocenters. The summed E-state index contributed by atoms with van der Waals surface area (Å²) >= 11 is 0. The molecule has 1 N–H and O–H groups in total. The molecule has 0 saturated carbocycles. The van der Waals surface area contributed by atoms with E-state index in [0.717, 1.165) is 5.69 Å². The van der Waals surface area contributed by atoms with Gasteiger partial charge in [-0.15, -0.1) is 5.10 Å². The maximum absolute atomic E-state index is 13.6. The minimum atomic E-state index is -0.298. The number of carbonyl (C=O) groups excluding carboxylic acids is 1. The van der Waals surface area contributed by atoms with Crippen LogP contribution in [0.15, 0.2) is 42.9 Å². The smallest absolute Gasteiger partial charge is 0.248 e. The predicted octanol–water partition coefficient (Wildman–Crippen LogP) is 2.00. The molecule has 0 saturated heterocycles. The lowest BCUT2D eigenvalue weighted by Crippen LogP contribution is -2.16. The average molecular weight is 328 g/mol. The fraction of sp³-hybridized carbons (Fsp3) is 0.250. The highest BCUT2D eigenvalue weighted by atomic mass is 19.1. The molecule has 0 fully saturated rings. The third-order valence-corrected chi connectivity index (χ3v) is 3.42. The van der Waals surface area contributed by atoms with E-state index in [4.69, 9.17) is 0 Å². The zero-order valence-electron chi connectivity index (χ0n) is 13.2. The topological polar surface area (TPSA) is 77.6 Å². The summed E-state index contributed by atoms with van der Waals surface area (Å²) in [4.78, 5) is 15.9. The Bertz CT molecular complexity index is 840. The normalized spacial score (nSPS) is 10.8. The minimum Gasteiger partial charge on any atom is -0.293 e. The molecule has 2 heterocycles. The SMILES string of the molecule is Cc1ccn(CCC(=O)Nc2ncn(Cc3ccccc3F)n2)n1. The molecule has 2 aromatic heterocycles. The van der Waals surface area contributed by atoms with Gasteiger partial charge in [0.25, 0.3) is 0 Å². The van der Waals surface area contributed by atoms with Gasteiger partial charge in [-0.25, -0.2) is 14.1 Å². The lowest BCUT2D eigenvalue weighted by atomic mass is 10.2. The van der Waals surface area contributed by atoms with Gasteiger partial charge in [-0.2, -0.15) is 5.10 Å². The Labute approximate surface area is 138 Å². The highest BCUT2D eigenvalue weighted by molar-refractivity contribution is 5.88. The van der Waals surface area contributed by atoms with E-state index >= 15 is 0 Å². The van der Waals surface area contributed by atoms with Gasteiger partial charge >= 0.3 is 0 Å². The molecule has 0 aliphatic carbocycles. The molecular weight excluding hydrogens is 311 g/mol. The summed E-state index contributed by atoms with van der Waals surface area (Å²) < 4.78 is 16.8. The molecule has 0 aliphatic heterocycles. The molecule has 0 spiro atoms. The van der Waals surface area contributed by atoms with Crippen molar-refractivity contribution in [3.8, 4) is 0 Å². The van der Waals surface area contributed by atoms with Crippen molar-refractivity contribution in [2.45, 2.75) is 26.4 Å². The molecule has 1 aromatic carbocycles. The summed E-state index contributed by atoms with van der Waals surface area (Å²) in [6.45, 7) is 2.63. The highest BCUT2D eigenvalue weighted by Gasteiger charge is 2.08. The number of rotatable bonds is 6. The van der Waals surface area contributed by atoms with Crippen molar-refractivity contribution in [2.75, 3.05) is 5.32 Å². The largest absolute Gasteiger partial charge is 0.293 e. The zero-order chi connectivity index (χ0) is 16.9. The first-order valence-corrected chi connectivity index (χ1v) is 7.53. The second-order valence-corrected chi connectivity index (χ2v) is 5.38. The summed E-state index contributed by atoms with van der Waals surface area (Å²) in [5, 5.41) is 11.0. The van der Waals surface area contributed by atoms with Crippen LogP contribution in [0.5, 0.6) is 0 Å². The first-order chi connectivity index (χ1) is 11.6. The molecule has 3 aromatic rings. The van der Waals surface area contributed by atoms with Crippen LogP contribution in [0.2, 0.25) is 0 Å². The van der Waals surface area contributed by atoms with Gasteiger partial charge in [0.2, 0.25) is 11.9 Å². The number of hydrogen-bond donors (Lipinski definition) is 1. The molecule has 124 valence electrons. The quantitative estimate of drug-likeness (QED) is 0.751. The number of aryl methyl sites for hydroxylation is 2. The second kappa shape index (κ2) is 7.03. The Morgan fingerprint density at radius 1 is 1.21 bits per heavy atom. The fourth-order valence-corrected chi connectivity index (χ4v) is 2.22. The molecule has 0 unspecified atom stereocenters. The maximum Gasteiger partial charge on any atom is 0.248 e. The summed E-state index contributed by atoms with van der Waals surface area (Å²) in [6, 6.07) is 8.35. The molecule has 0 radical (unpaired) electrons. The fourth-order valence-electron chi connectivity index (χ4n) is 2.22. The number of nitrogens with one attached hydrogen (secondary N) is 1. The Hall–Kier alpha value is -3.03. The van der Waals surface area contributed by atoms with Gasteiger partial charge in [0.15, 0.2) is 0 Å². The van der Waals surface area contributed by atoms with E-state index in [0.29, 0.717) is 12.1 Å². The van der Waals surface area contributed by atoms with E-state index in [-0.39, 0.29) is 30.6 Å². The Morgan fingerprint density at radius 2 is 2.04 bits per heavy atom.